The topological polar surface area (TPSA) is 71.8 Å². The molecule has 2 aromatic carbocycles. The molecule has 6 heteroatoms. The lowest BCUT2D eigenvalue weighted by atomic mass is 10.0. The summed E-state index contributed by atoms with van der Waals surface area (Å²) in [5.41, 5.74) is 2.35. The van der Waals surface area contributed by atoms with Crippen LogP contribution in [0.1, 0.15) is 29.7 Å². The maximum atomic E-state index is 12.1. The van der Waals surface area contributed by atoms with E-state index in [4.69, 9.17) is 19.5 Å². The summed E-state index contributed by atoms with van der Waals surface area (Å²) < 4.78 is 16.6. The zero-order valence-electron chi connectivity index (χ0n) is 14.6. The van der Waals surface area contributed by atoms with Gasteiger partial charge in [-0.2, -0.15) is 5.26 Å². The second-order valence-corrected chi connectivity index (χ2v) is 5.82. The lowest BCUT2D eigenvalue weighted by molar-refractivity contribution is 0.0285. The van der Waals surface area contributed by atoms with Gasteiger partial charge >= 0.3 is 6.09 Å². The molecule has 0 spiro atoms. The van der Waals surface area contributed by atoms with Crippen molar-refractivity contribution in [3.05, 3.63) is 65.2 Å². The van der Waals surface area contributed by atoms with Crippen LogP contribution >= 0.6 is 0 Å². The first-order chi connectivity index (χ1) is 12.7. The molecule has 0 bridgehead atoms. The van der Waals surface area contributed by atoms with Crippen molar-refractivity contribution in [3.8, 4) is 11.8 Å². The van der Waals surface area contributed by atoms with Crippen molar-refractivity contribution in [1.29, 1.82) is 5.26 Å². The molecule has 1 saturated heterocycles. The number of nitriles is 1. The van der Waals surface area contributed by atoms with Crippen LogP contribution in [0.25, 0.3) is 0 Å². The van der Waals surface area contributed by atoms with Crippen molar-refractivity contribution in [2.75, 3.05) is 19.9 Å². The molecular formula is C20H20N2O4. The quantitative estimate of drug-likeness (QED) is 0.761. The molecule has 1 heterocycles. The van der Waals surface area contributed by atoms with Crippen LogP contribution in [0.5, 0.6) is 5.75 Å². The first kappa shape index (κ1) is 17.8. The maximum absolute atomic E-state index is 12.1. The summed E-state index contributed by atoms with van der Waals surface area (Å²) in [6.07, 6.45) is -0.421. The number of hydrogen-bond acceptors (Lipinski definition) is 5. The summed E-state index contributed by atoms with van der Waals surface area (Å²) in [6.45, 7) is 3.08. The SMILES string of the molecule is CCOc1cc(C#N)ccc1C1COC(=O)N1COCc1ccccc1. The normalized spacial score (nSPS) is 16.2. The molecule has 0 aromatic heterocycles. The second-order valence-electron chi connectivity index (χ2n) is 5.82. The molecule has 1 aliphatic heterocycles. The number of benzene rings is 2. The van der Waals surface area contributed by atoms with E-state index >= 15 is 0 Å². The fourth-order valence-electron chi connectivity index (χ4n) is 2.85. The Kier molecular flexibility index (Phi) is 5.72. The average molecular weight is 352 g/mol. The predicted molar refractivity (Wildman–Crippen MR) is 94.4 cm³/mol. The summed E-state index contributed by atoms with van der Waals surface area (Å²) >= 11 is 0. The molecule has 1 amide bonds. The number of amides is 1. The maximum Gasteiger partial charge on any atom is 0.412 e. The number of hydrogen-bond donors (Lipinski definition) is 0. The Balaban J connectivity index is 1.74. The van der Waals surface area contributed by atoms with Gasteiger partial charge in [0.2, 0.25) is 0 Å². The van der Waals surface area contributed by atoms with Crippen LogP contribution in [0.4, 0.5) is 4.79 Å². The Bertz CT molecular complexity index is 801. The number of cyclic esters (lactones) is 1. The Morgan fingerprint density at radius 2 is 2.08 bits per heavy atom. The van der Waals surface area contributed by atoms with E-state index in [1.54, 1.807) is 18.2 Å². The monoisotopic (exact) mass is 352 g/mol. The van der Waals surface area contributed by atoms with Crippen molar-refractivity contribution in [1.82, 2.24) is 4.90 Å². The van der Waals surface area contributed by atoms with Crippen LogP contribution in [0.15, 0.2) is 48.5 Å². The predicted octanol–water partition coefficient (Wildman–Crippen LogP) is 3.62. The van der Waals surface area contributed by atoms with E-state index in [0.29, 0.717) is 24.5 Å². The van der Waals surface area contributed by atoms with Gasteiger partial charge in [0.05, 0.1) is 24.8 Å². The van der Waals surface area contributed by atoms with Crippen LogP contribution in [0, 0.1) is 11.3 Å². The van der Waals surface area contributed by atoms with Crippen molar-refractivity contribution in [2.24, 2.45) is 0 Å². The molecular weight excluding hydrogens is 332 g/mol. The van der Waals surface area contributed by atoms with E-state index in [1.807, 2.05) is 37.3 Å². The first-order valence-electron chi connectivity index (χ1n) is 8.45. The second kappa shape index (κ2) is 8.37. The van der Waals surface area contributed by atoms with Crippen LogP contribution in [0.3, 0.4) is 0 Å². The molecule has 1 atom stereocenters. The zero-order chi connectivity index (χ0) is 18.4. The van der Waals surface area contributed by atoms with Crippen molar-refractivity contribution >= 4 is 6.09 Å². The molecule has 1 unspecified atom stereocenters. The minimum atomic E-state index is -0.421. The molecule has 2 aromatic rings. The summed E-state index contributed by atoms with van der Waals surface area (Å²) in [7, 11) is 0. The Morgan fingerprint density at radius 3 is 2.81 bits per heavy atom. The highest BCUT2D eigenvalue weighted by atomic mass is 16.6. The van der Waals surface area contributed by atoms with Gasteiger partial charge in [-0.3, -0.25) is 4.90 Å². The summed E-state index contributed by atoms with van der Waals surface area (Å²) in [5, 5.41) is 9.09. The highest BCUT2D eigenvalue weighted by molar-refractivity contribution is 5.70. The molecule has 6 nitrogen and oxygen atoms in total. The molecule has 0 radical (unpaired) electrons. The molecule has 134 valence electrons. The standard InChI is InChI=1S/C20H20N2O4/c1-2-25-19-10-16(11-21)8-9-17(19)18-13-26-20(23)22(18)14-24-12-15-6-4-3-5-7-15/h3-10,18H,2,12-14H2,1H3. The van der Waals surface area contributed by atoms with Gasteiger partial charge < -0.3 is 14.2 Å². The van der Waals surface area contributed by atoms with E-state index in [9.17, 15) is 4.79 Å². The Hall–Kier alpha value is -3.04. The van der Waals surface area contributed by atoms with E-state index in [2.05, 4.69) is 6.07 Å². The smallest absolute Gasteiger partial charge is 0.412 e. The fraction of sp³-hybridized carbons (Fsp3) is 0.300. The van der Waals surface area contributed by atoms with Crippen molar-refractivity contribution in [2.45, 2.75) is 19.6 Å². The highest BCUT2D eigenvalue weighted by Gasteiger charge is 2.36. The van der Waals surface area contributed by atoms with E-state index in [1.165, 1.54) is 4.90 Å². The number of ether oxygens (including phenoxy) is 3. The number of nitrogens with zero attached hydrogens (tertiary/aromatic N) is 2. The van der Waals surface area contributed by atoms with Gasteiger partial charge in [-0.1, -0.05) is 36.4 Å². The third-order valence-corrected chi connectivity index (χ3v) is 4.12. The fourth-order valence-corrected chi connectivity index (χ4v) is 2.85. The van der Waals surface area contributed by atoms with Gasteiger partial charge in [-0.25, -0.2) is 4.79 Å². The van der Waals surface area contributed by atoms with Gasteiger partial charge in [0.1, 0.15) is 25.1 Å². The minimum absolute atomic E-state index is 0.115. The number of rotatable bonds is 7. The molecule has 1 aliphatic rings. The summed E-state index contributed by atoms with van der Waals surface area (Å²) in [6, 6.07) is 16.7. The average Bonchev–Trinajstić information content (AvgIpc) is 3.03. The van der Waals surface area contributed by atoms with Crippen LogP contribution < -0.4 is 4.74 Å². The number of carbonyl (C=O) groups is 1. The van der Waals surface area contributed by atoms with Crippen LogP contribution in [0.2, 0.25) is 0 Å². The van der Waals surface area contributed by atoms with Gasteiger partial charge in [-0.05, 0) is 24.6 Å². The van der Waals surface area contributed by atoms with Gasteiger partial charge in [-0.15, -0.1) is 0 Å². The lowest BCUT2D eigenvalue weighted by Crippen LogP contribution is -2.30. The molecule has 1 fully saturated rings. The van der Waals surface area contributed by atoms with Crippen LogP contribution in [-0.2, 0) is 16.1 Å². The van der Waals surface area contributed by atoms with Gasteiger partial charge in [0.15, 0.2) is 0 Å². The number of carbonyl (C=O) groups excluding carboxylic acids is 1. The highest BCUT2D eigenvalue weighted by Crippen LogP contribution is 2.34. The van der Waals surface area contributed by atoms with Gasteiger partial charge in [0, 0.05) is 5.56 Å². The first-order valence-corrected chi connectivity index (χ1v) is 8.45. The lowest BCUT2D eigenvalue weighted by Gasteiger charge is -2.23. The Labute approximate surface area is 152 Å². The van der Waals surface area contributed by atoms with Crippen molar-refractivity contribution < 1.29 is 19.0 Å². The molecule has 3 rings (SSSR count). The van der Waals surface area contributed by atoms with Crippen molar-refractivity contribution in [3.63, 3.8) is 0 Å². The molecule has 0 N–H and O–H groups in total. The minimum Gasteiger partial charge on any atom is -0.493 e. The molecule has 0 aliphatic carbocycles. The summed E-state index contributed by atoms with van der Waals surface area (Å²) in [4.78, 5) is 13.7. The third-order valence-electron chi connectivity index (χ3n) is 4.12. The third kappa shape index (κ3) is 3.95. The van der Waals surface area contributed by atoms with Gasteiger partial charge in [0.25, 0.3) is 0 Å². The zero-order valence-corrected chi connectivity index (χ0v) is 14.6. The van der Waals surface area contributed by atoms with E-state index < -0.39 is 6.09 Å². The van der Waals surface area contributed by atoms with Crippen LogP contribution in [-0.4, -0.2) is 30.9 Å². The molecule has 0 saturated carbocycles. The molecule has 26 heavy (non-hydrogen) atoms. The van der Waals surface area contributed by atoms with E-state index in [-0.39, 0.29) is 19.4 Å². The largest absolute Gasteiger partial charge is 0.493 e. The van der Waals surface area contributed by atoms with E-state index in [0.717, 1.165) is 11.1 Å². The summed E-state index contributed by atoms with van der Waals surface area (Å²) in [5.74, 6) is 0.586. The Morgan fingerprint density at radius 1 is 1.27 bits per heavy atom.